The van der Waals surface area contributed by atoms with Gasteiger partial charge in [0, 0.05) is 13.1 Å². The molecule has 0 radical (unpaired) electrons. The second-order valence-corrected chi connectivity index (χ2v) is 5.10. The molecule has 2 saturated heterocycles. The molecule has 0 saturated carbocycles. The molecule has 0 aromatic rings. The van der Waals surface area contributed by atoms with Crippen molar-refractivity contribution in [2.45, 2.75) is 25.7 Å². The maximum atomic E-state index is 11.7. The highest BCUT2D eigenvalue weighted by Crippen LogP contribution is 2.39. The van der Waals surface area contributed by atoms with Crippen molar-refractivity contribution in [3.63, 3.8) is 0 Å². The Balaban J connectivity index is 0.00000162. The zero-order valence-electron chi connectivity index (χ0n) is 10.8. The monoisotopic (exact) mass is 274 g/mol. The number of nitrogens with one attached hydrogen (secondary N) is 1. The van der Waals surface area contributed by atoms with Gasteiger partial charge in [-0.1, -0.05) is 12.7 Å². The number of amides is 1. The SMILES string of the molecule is C=CCOC(=O)N1CCC2(CCNCC2)CC1.Cl. The fourth-order valence-corrected chi connectivity index (χ4v) is 2.84. The minimum Gasteiger partial charge on any atom is -0.445 e. The van der Waals surface area contributed by atoms with Gasteiger partial charge in [0.15, 0.2) is 0 Å². The van der Waals surface area contributed by atoms with Crippen LogP contribution in [0, 0.1) is 5.41 Å². The molecule has 2 heterocycles. The van der Waals surface area contributed by atoms with Crippen LogP contribution in [-0.2, 0) is 4.74 Å². The first-order valence-corrected chi connectivity index (χ1v) is 6.49. The molecule has 1 spiro atoms. The molecule has 2 aliphatic rings. The Morgan fingerprint density at radius 3 is 2.44 bits per heavy atom. The number of nitrogens with zero attached hydrogens (tertiary/aromatic N) is 1. The number of piperidine rings is 2. The Hall–Kier alpha value is -0.740. The third-order valence-corrected chi connectivity index (χ3v) is 4.07. The Labute approximate surface area is 115 Å². The van der Waals surface area contributed by atoms with Gasteiger partial charge in [0.1, 0.15) is 6.61 Å². The average molecular weight is 275 g/mol. The van der Waals surface area contributed by atoms with Gasteiger partial charge in [-0.15, -0.1) is 12.4 Å². The van der Waals surface area contributed by atoms with Gasteiger partial charge in [0.2, 0.25) is 0 Å². The molecule has 0 bridgehead atoms. The van der Waals surface area contributed by atoms with Gasteiger partial charge in [-0.2, -0.15) is 0 Å². The van der Waals surface area contributed by atoms with Crippen LogP contribution in [0.4, 0.5) is 4.79 Å². The van der Waals surface area contributed by atoms with Crippen molar-refractivity contribution in [2.75, 3.05) is 32.8 Å². The van der Waals surface area contributed by atoms with E-state index in [0.717, 1.165) is 39.0 Å². The van der Waals surface area contributed by atoms with Crippen LogP contribution in [0.15, 0.2) is 12.7 Å². The first-order chi connectivity index (χ1) is 8.26. The van der Waals surface area contributed by atoms with E-state index in [4.69, 9.17) is 4.74 Å². The summed E-state index contributed by atoms with van der Waals surface area (Å²) in [7, 11) is 0. The Kier molecular flexibility index (Phi) is 5.96. The number of ether oxygens (including phenoxy) is 1. The normalized spacial score (nSPS) is 22.1. The van der Waals surface area contributed by atoms with E-state index in [9.17, 15) is 4.79 Å². The second-order valence-electron chi connectivity index (χ2n) is 5.10. The van der Waals surface area contributed by atoms with E-state index in [1.165, 1.54) is 12.8 Å². The molecule has 0 aromatic carbocycles. The van der Waals surface area contributed by atoms with Crippen LogP contribution in [0.2, 0.25) is 0 Å². The van der Waals surface area contributed by atoms with Gasteiger partial charge in [0.25, 0.3) is 0 Å². The van der Waals surface area contributed by atoms with E-state index in [1.807, 2.05) is 4.90 Å². The quantitative estimate of drug-likeness (QED) is 0.785. The highest BCUT2D eigenvalue weighted by atomic mass is 35.5. The summed E-state index contributed by atoms with van der Waals surface area (Å²) in [5, 5.41) is 3.40. The summed E-state index contributed by atoms with van der Waals surface area (Å²) in [6.45, 7) is 7.79. The first-order valence-electron chi connectivity index (χ1n) is 6.49. The molecule has 4 nitrogen and oxygen atoms in total. The Bertz CT molecular complexity index is 281. The van der Waals surface area contributed by atoms with Gasteiger partial charge < -0.3 is 15.0 Å². The Morgan fingerprint density at radius 1 is 1.28 bits per heavy atom. The number of likely N-dealkylation sites (tertiary alicyclic amines) is 1. The first kappa shape index (κ1) is 15.3. The molecule has 5 heteroatoms. The van der Waals surface area contributed by atoms with E-state index in [2.05, 4.69) is 11.9 Å². The van der Waals surface area contributed by atoms with Crippen molar-refractivity contribution in [2.24, 2.45) is 5.41 Å². The highest BCUT2D eigenvalue weighted by molar-refractivity contribution is 5.85. The van der Waals surface area contributed by atoms with Crippen LogP contribution in [0.3, 0.4) is 0 Å². The maximum absolute atomic E-state index is 11.7. The third kappa shape index (κ3) is 3.62. The van der Waals surface area contributed by atoms with Gasteiger partial charge in [-0.3, -0.25) is 0 Å². The van der Waals surface area contributed by atoms with Crippen LogP contribution in [0.1, 0.15) is 25.7 Å². The number of halogens is 1. The van der Waals surface area contributed by atoms with Crippen LogP contribution >= 0.6 is 12.4 Å². The standard InChI is InChI=1S/C13H22N2O2.ClH/c1-2-11-17-12(16)15-9-5-13(6-10-15)3-7-14-8-4-13;/h2,14H,1,3-11H2;1H. The average Bonchev–Trinajstić information content (AvgIpc) is 2.38. The molecule has 0 unspecified atom stereocenters. The van der Waals surface area contributed by atoms with Crippen LogP contribution in [0.25, 0.3) is 0 Å². The molecule has 2 rings (SSSR count). The molecular weight excluding hydrogens is 252 g/mol. The van der Waals surface area contributed by atoms with Gasteiger partial charge in [0.05, 0.1) is 0 Å². The van der Waals surface area contributed by atoms with Crippen molar-refractivity contribution in [3.8, 4) is 0 Å². The largest absolute Gasteiger partial charge is 0.445 e. The van der Waals surface area contributed by atoms with Crippen molar-refractivity contribution >= 4 is 18.5 Å². The fraction of sp³-hybridized carbons (Fsp3) is 0.769. The summed E-state index contributed by atoms with van der Waals surface area (Å²) in [6, 6.07) is 0. The summed E-state index contributed by atoms with van der Waals surface area (Å²) < 4.78 is 5.06. The molecule has 0 aliphatic carbocycles. The van der Waals surface area contributed by atoms with Crippen molar-refractivity contribution < 1.29 is 9.53 Å². The fourth-order valence-electron chi connectivity index (χ4n) is 2.84. The molecular formula is C13H23ClN2O2. The zero-order chi connectivity index (χ0) is 12.1. The van der Waals surface area contributed by atoms with Crippen LogP contribution < -0.4 is 5.32 Å². The van der Waals surface area contributed by atoms with E-state index >= 15 is 0 Å². The molecule has 0 aromatic heterocycles. The van der Waals surface area contributed by atoms with Crippen LogP contribution in [0.5, 0.6) is 0 Å². The molecule has 104 valence electrons. The number of carbonyl (C=O) groups excluding carboxylic acids is 1. The summed E-state index contributed by atoms with van der Waals surface area (Å²) in [5.41, 5.74) is 0.487. The summed E-state index contributed by atoms with van der Waals surface area (Å²) >= 11 is 0. The lowest BCUT2D eigenvalue weighted by atomic mass is 9.72. The summed E-state index contributed by atoms with van der Waals surface area (Å²) in [5.74, 6) is 0. The van der Waals surface area contributed by atoms with E-state index in [0.29, 0.717) is 12.0 Å². The predicted octanol–water partition coefficient (Wildman–Crippen LogP) is 2.20. The lowest BCUT2D eigenvalue weighted by Gasteiger charge is -2.44. The smallest absolute Gasteiger partial charge is 0.410 e. The van der Waals surface area contributed by atoms with Crippen molar-refractivity contribution in [3.05, 3.63) is 12.7 Å². The van der Waals surface area contributed by atoms with Gasteiger partial charge in [-0.05, 0) is 44.2 Å². The zero-order valence-corrected chi connectivity index (χ0v) is 11.6. The lowest BCUT2D eigenvalue weighted by molar-refractivity contribution is 0.0563. The Morgan fingerprint density at radius 2 is 1.89 bits per heavy atom. The van der Waals surface area contributed by atoms with E-state index < -0.39 is 0 Å². The van der Waals surface area contributed by atoms with Crippen molar-refractivity contribution in [1.82, 2.24) is 10.2 Å². The topological polar surface area (TPSA) is 41.6 Å². The van der Waals surface area contributed by atoms with E-state index in [-0.39, 0.29) is 18.5 Å². The summed E-state index contributed by atoms with van der Waals surface area (Å²) in [4.78, 5) is 13.5. The molecule has 0 atom stereocenters. The molecule has 2 fully saturated rings. The van der Waals surface area contributed by atoms with E-state index in [1.54, 1.807) is 6.08 Å². The van der Waals surface area contributed by atoms with Gasteiger partial charge >= 0.3 is 6.09 Å². The predicted molar refractivity (Wildman–Crippen MR) is 74.1 cm³/mol. The maximum Gasteiger partial charge on any atom is 0.410 e. The lowest BCUT2D eigenvalue weighted by Crippen LogP contribution is -2.47. The third-order valence-electron chi connectivity index (χ3n) is 4.07. The minimum absolute atomic E-state index is 0. The number of hydrogen-bond acceptors (Lipinski definition) is 3. The number of hydrogen-bond donors (Lipinski definition) is 1. The summed E-state index contributed by atoms with van der Waals surface area (Å²) in [6.07, 6.45) is 6.17. The minimum atomic E-state index is -0.186. The number of carbonyl (C=O) groups is 1. The highest BCUT2D eigenvalue weighted by Gasteiger charge is 2.36. The van der Waals surface area contributed by atoms with Crippen LogP contribution in [-0.4, -0.2) is 43.8 Å². The number of rotatable bonds is 2. The molecule has 1 N–H and O–H groups in total. The second kappa shape index (κ2) is 7.00. The molecule has 18 heavy (non-hydrogen) atoms. The molecule has 2 aliphatic heterocycles. The molecule has 1 amide bonds. The van der Waals surface area contributed by atoms with Gasteiger partial charge in [-0.25, -0.2) is 4.79 Å². The van der Waals surface area contributed by atoms with Crippen molar-refractivity contribution in [1.29, 1.82) is 0 Å².